The number of amides is 1. The van der Waals surface area contributed by atoms with E-state index in [0.29, 0.717) is 11.7 Å². The van der Waals surface area contributed by atoms with E-state index >= 15 is 0 Å². The summed E-state index contributed by atoms with van der Waals surface area (Å²) >= 11 is 0. The van der Waals surface area contributed by atoms with E-state index in [1.54, 1.807) is 23.1 Å². The van der Waals surface area contributed by atoms with Crippen LogP contribution in [0, 0.1) is 11.7 Å². The molecule has 1 amide bonds. The third kappa shape index (κ3) is 4.13. The third-order valence-corrected chi connectivity index (χ3v) is 5.34. The van der Waals surface area contributed by atoms with Crippen LogP contribution in [0.1, 0.15) is 19.3 Å². The van der Waals surface area contributed by atoms with Gasteiger partial charge in [0.05, 0.1) is 5.52 Å². The molecule has 1 aliphatic rings. The van der Waals surface area contributed by atoms with Gasteiger partial charge in [0.15, 0.2) is 0 Å². The molecule has 1 aromatic heterocycles. The lowest BCUT2D eigenvalue weighted by atomic mass is 9.94. The molecule has 0 radical (unpaired) electrons. The van der Waals surface area contributed by atoms with Crippen LogP contribution in [0.3, 0.4) is 0 Å². The summed E-state index contributed by atoms with van der Waals surface area (Å²) in [6.07, 6.45) is 4.72. The van der Waals surface area contributed by atoms with Gasteiger partial charge in [-0.25, -0.2) is 9.18 Å². The monoisotopic (exact) mass is 366 g/mol. The minimum absolute atomic E-state index is 0.201. The zero-order chi connectivity index (χ0) is 18.6. The van der Waals surface area contributed by atoms with Gasteiger partial charge in [-0.2, -0.15) is 0 Å². The summed E-state index contributed by atoms with van der Waals surface area (Å²) in [4.78, 5) is 14.0. The van der Waals surface area contributed by atoms with Crippen LogP contribution in [-0.2, 0) is 6.54 Å². The van der Waals surface area contributed by atoms with Crippen LogP contribution in [0.15, 0.2) is 60.8 Å². The van der Waals surface area contributed by atoms with Gasteiger partial charge in [-0.1, -0.05) is 18.2 Å². The fourth-order valence-electron chi connectivity index (χ4n) is 3.73. The Kier molecular flexibility index (Phi) is 5.10. The van der Waals surface area contributed by atoms with Gasteiger partial charge in [-0.3, -0.25) is 0 Å². The number of halogens is 1. The number of nitrogens with zero attached hydrogens (tertiary/aromatic N) is 2. The van der Waals surface area contributed by atoms with Crippen LogP contribution in [-0.4, -0.2) is 28.6 Å². The van der Waals surface area contributed by atoms with Gasteiger partial charge < -0.3 is 14.2 Å². The lowest BCUT2D eigenvalue weighted by molar-refractivity contribution is 0.128. The molecule has 4 rings (SSSR count). The van der Waals surface area contributed by atoms with E-state index in [-0.39, 0.29) is 11.9 Å². The van der Waals surface area contributed by atoms with Gasteiger partial charge in [0.2, 0.25) is 0 Å². The van der Waals surface area contributed by atoms with Crippen molar-refractivity contribution in [1.82, 2.24) is 9.47 Å². The lowest BCUT2D eigenvalue weighted by Gasteiger charge is -2.31. The van der Waals surface area contributed by atoms with Gasteiger partial charge in [0, 0.05) is 25.8 Å². The number of benzene rings is 2. The van der Waals surface area contributed by atoms with Crippen LogP contribution in [0.25, 0.3) is 10.9 Å². The molecule has 2 aromatic carbocycles. The van der Waals surface area contributed by atoms with Crippen LogP contribution in [0.5, 0.6) is 5.75 Å². The van der Waals surface area contributed by atoms with Gasteiger partial charge >= 0.3 is 6.09 Å². The number of fused-ring (bicyclic) bond motifs is 1. The average Bonchev–Trinajstić information content (AvgIpc) is 3.09. The van der Waals surface area contributed by atoms with Crippen LogP contribution in [0.4, 0.5) is 9.18 Å². The summed E-state index contributed by atoms with van der Waals surface area (Å²) < 4.78 is 21.0. The van der Waals surface area contributed by atoms with Crippen LogP contribution < -0.4 is 4.74 Å². The predicted octanol–water partition coefficient (Wildman–Crippen LogP) is 5.08. The summed E-state index contributed by atoms with van der Waals surface area (Å²) in [5.74, 6) is 0.945. The average molecular weight is 366 g/mol. The number of para-hydroxylation sites is 1. The molecule has 0 saturated carbocycles. The fourth-order valence-corrected chi connectivity index (χ4v) is 3.73. The molecule has 2 heterocycles. The maximum atomic E-state index is 13.5. The zero-order valence-corrected chi connectivity index (χ0v) is 15.2. The molecule has 140 valence electrons. The molecule has 0 spiro atoms. The summed E-state index contributed by atoms with van der Waals surface area (Å²) in [5.41, 5.74) is 0.943. The number of ether oxygens (including phenoxy) is 1. The lowest BCUT2D eigenvalue weighted by Crippen LogP contribution is -2.40. The number of carbonyl (C=O) groups is 1. The Hall–Kier alpha value is -2.82. The van der Waals surface area contributed by atoms with E-state index in [9.17, 15) is 9.18 Å². The smallest absolute Gasteiger partial charge is 0.410 e. The van der Waals surface area contributed by atoms with Gasteiger partial charge in [-0.15, -0.1) is 0 Å². The van der Waals surface area contributed by atoms with Crippen molar-refractivity contribution in [3.05, 3.63) is 66.6 Å². The highest BCUT2D eigenvalue weighted by molar-refractivity contribution is 5.80. The predicted molar refractivity (Wildman–Crippen MR) is 103 cm³/mol. The Morgan fingerprint density at radius 1 is 1.07 bits per heavy atom. The minimum atomic E-state index is -0.272. The second kappa shape index (κ2) is 7.82. The first kappa shape index (κ1) is 17.6. The van der Waals surface area contributed by atoms with Crippen molar-refractivity contribution in [2.45, 2.75) is 25.8 Å². The molecule has 0 atom stereocenters. The first-order chi connectivity index (χ1) is 13.2. The quantitative estimate of drug-likeness (QED) is 0.645. The van der Waals surface area contributed by atoms with E-state index in [1.807, 2.05) is 36.5 Å². The summed E-state index contributed by atoms with van der Waals surface area (Å²) in [7, 11) is 0. The molecule has 1 fully saturated rings. The highest BCUT2D eigenvalue weighted by Crippen LogP contribution is 2.24. The number of likely N-dealkylation sites (tertiary alicyclic amines) is 1. The van der Waals surface area contributed by atoms with Gasteiger partial charge in [0.1, 0.15) is 11.6 Å². The molecule has 1 aliphatic heterocycles. The maximum absolute atomic E-state index is 13.5. The Bertz CT molecular complexity index is 914. The molecule has 0 bridgehead atoms. The number of hydrogen-bond donors (Lipinski definition) is 0. The number of carbonyl (C=O) groups excluding carboxylic acids is 1. The minimum Gasteiger partial charge on any atom is -0.410 e. The number of rotatable bonds is 4. The van der Waals surface area contributed by atoms with Crippen molar-refractivity contribution in [3.63, 3.8) is 0 Å². The molecule has 0 unspecified atom stereocenters. The second-order valence-electron chi connectivity index (χ2n) is 7.11. The standard InChI is InChI=1S/C22H23FN2O2/c23-19-7-6-18-11-15-24(21(18)16-19)12-8-17-9-13-25(14-10-17)22(26)27-20-4-2-1-3-5-20/h1-7,11,15-17H,8-10,12-14H2. The number of piperidine rings is 1. The number of aryl methyl sites for hydroxylation is 1. The molecular weight excluding hydrogens is 343 g/mol. The third-order valence-electron chi connectivity index (χ3n) is 5.34. The second-order valence-corrected chi connectivity index (χ2v) is 7.11. The molecule has 27 heavy (non-hydrogen) atoms. The molecule has 4 nitrogen and oxygen atoms in total. The first-order valence-corrected chi connectivity index (χ1v) is 9.45. The van der Waals surface area contributed by atoms with Crippen LogP contribution >= 0.6 is 0 Å². The largest absolute Gasteiger partial charge is 0.415 e. The van der Waals surface area contributed by atoms with E-state index in [1.165, 1.54) is 6.07 Å². The van der Waals surface area contributed by atoms with Gasteiger partial charge in [-0.05, 0) is 67.0 Å². The van der Waals surface area contributed by atoms with E-state index in [4.69, 9.17) is 4.74 Å². The highest BCUT2D eigenvalue weighted by atomic mass is 19.1. The van der Waals surface area contributed by atoms with Crippen molar-refractivity contribution in [1.29, 1.82) is 0 Å². The molecule has 5 heteroatoms. The van der Waals surface area contributed by atoms with E-state index < -0.39 is 0 Å². The van der Waals surface area contributed by atoms with Crippen molar-refractivity contribution < 1.29 is 13.9 Å². The van der Waals surface area contributed by atoms with Gasteiger partial charge in [0.25, 0.3) is 0 Å². The van der Waals surface area contributed by atoms with E-state index in [0.717, 1.165) is 49.8 Å². The molecule has 3 aromatic rings. The normalized spacial score (nSPS) is 15.2. The fraction of sp³-hybridized carbons (Fsp3) is 0.318. The molecule has 0 N–H and O–H groups in total. The summed E-state index contributed by atoms with van der Waals surface area (Å²) in [6, 6.07) is 16.1. The maximum Gasteiger partial charge on any atom is 0.415 e. The molecule has 1 saturated heterocycles. The Morgan fingerprint density at radius 2 is 1.85 bits per heavy atom. The number of hydrogen-bond acceptors (Lipinski definition) is 2. The van der Waals surface area contributed by atoms with Crippen molar-refractivity contribution in [2.24, 2.45) is 5.92 Å². The summed E-state index contributed by atoms with van der Waals surface area (Å²) in [5, 5.41) is 1.06. The zero-order valence-electron chi connectivity index (χ0n) is 15.2. The molecular formula is C22H23FN2O2. The van der Waals surface area contributed by atoms with Crippen molar-refractivity contribution in [3.8, 4) is 5.75 Å². The van der Waals surface area contributed by atoms with Crippen molar-refractivity contribution >= 4 is 17.0 Å². The number of aromatic nitrogens is 1. The Morgan fingerprint density at radius 3 is 2.63 bits per heavy atom. The SMILES string of the molecule is O=C(Oc1ccccc1)N1CCC(CCn2ccc3ccc(F)cc32)CC1. The first-order valence-electron chi connectivity index (χ1n) is 9.45. The highest BCUT2D eigenvalue weighted by Gasteiger charge is 2.24. The topological polar surface area (TPSA) is 34.5 Å². The van der Waals surface area contributed by atoms with Crippen LogP contribution in [0.2, 0.25) is 0 Å². The van der Waals surface area contributed by atoms with E-state index in [2.05, 4.69) is 4.57 Å². The molecule has 0 aliphatic carbocycles. The summed E-state index contributed by atoms with van der Waals surface area (Å²) in [6.45, 7) is 2.31. The van der Waals surface area contributed by atoms with Crippen molar-refractivity contribution in [2.75, 3.05) is 13.1 Å². The Labute approximate surface area is 158 Å². The Balaban J connectivity index is 1.28.